The second kappa shape index (κ2) is 6.58. The van der Waals surface area contributed by atoms with Crippen LogP contribution in [0.5, 0.6) is 0 Å². The number of carbonyl (C=O) groups excluding carboxylic acids is 1. The summed E-state index contributed by atoms with van der Waals surface area (Å²) in [5.41, 5.74) is -0.124. The summed E-state index contributed by atoms with van der Waals surface area (Å²) in [5.74, 6) is -1.01. The number of aliphatic carboxylic acids is 1. The minimum Gasteiger partial charge on any atom is -0.480 e. The summed E-state index contributed by atoms with van der Waals surface area (Å²) in [4.78, 5) is 24.1. The van der Waals surface area contributed by atoms with Gasteiger partial charge in [-0.1, -0.05) is 6.92 Å². The Bertz CT molecular complexity index is 297. The zero-order valence-electron chi connectivity index (χ0n) is 11.1. The summed E-state index contributed by atoms with van der Waals surface area (Å²) in [7, 11) is 1.52. The molecule has 2 N–H and O–H groups in total. The molecule has 1 saturated carbocycles. The largest absolute Gasteiger partial charge is 0.480 e. The molecule has 1 aliphatic carbocycles. The number of hydrogen-bond acceptors (Lipinski definition) is 3. The van der Waals surface area contributed by atoms with Crippen molar-refractivity contribution in [2.45, 2.75) is 38.1 Å². The summed E-state index contributed by atoms with van der Waals surface area (Å²) in [5, 5.41) is 11.8. The van der Waals surface area contributed by atoms with E-state index in [0.717, 1.165) is 25.7 Å². The third-order valence-corrected chi connectivity index (χ3v) is 3.54. The second-order valence-corrected chi connectivity index (χ2v) is 4.73. The first-order chi connectivity index (χ1) is 8.53. The molecule has 1 fully saturated rings. The van der Waals surface area contributed by atoms with Crippen molar-refractivity contribution in [1.82, 2.24) is 10.2 Å². The molecule has 0 aromatic rings. The van der Waals surface area contributed by atoms with Crippen molar-refractivity contribution in [1.29, 1.82) is 0 Å². The summed E-state index contributed by atoms with van der Waals surface area (Å²) in [6, 6.07) is -0.309. The molecule has 1 rings (SSSR count). The number of hydrogen-bond donors (Lipinski definition) is 2. The van der Waals surface area contributed by atoms with Gasteiger partial charge in [0.1, 0.15) is 6.54 Å². The highest BCUT2D eigenvalue weighted by molar-refractivity contribution is 5.80. The van der Waals surface area contributed by atoms with Gasteiger partial charge in [-0.05, 0) is 25.7 Å². The lowest BCUT2D eigenvalue weighted by atomic mass is 9.75. The first-order valence-corrected chi connectivity index (χ1v) is 6.31. The normalized spacial score (nSPS) is 16.8. The number of ether oxygens (including phenoxy) is 1. The van der Waals surface area contributed by atoms with Crippen LogP contribution in [-0.4, -0.2) is 54.4 Å². The molecule has 2 amide bonds. The molecule has 1 aliphatic rings. The number of urea groups is 1. The lowest BCUT2D eigenvalue weighted by molar-refractivity contribution is -0.137. The summed E-state index contributed by atoms with van der Waals surface area (Å²) < 4.78 is 4.89. The monoisotopic (exact) mass is 258 g/mol. The van der Waals surface area contributed by atoms with Crippen molar-refractivity contribution in [3.05, 3.63) is 0 Å². The Labute approximate surface area is 107 Å². The number of rotatable bonds is 7. The van der Waals surface area contributed by atoms with Crippen LogP contribution in [0.4, 0.5) is 4.79 Å². The van der Waals surface area contributed by atoms with Crippen molar-refractivity contribution < 1.29 is 19.4 Å². The highest BCUT2D eigenvalue weighted by Gasteiger charge is 2.37. The molecular formula is C12H22N2O4. The number of carbonyl (C=O) groups is 2. The molecule has 0 radical (unpaired) electrons. The number of methoxy groups -OCH3 is 1. The van der Waals surface area contributed by atoms with Crippen LogP contribution < -0.4 is 5.32 Å². The van der Waals surface area contributed by atoms with E-state index in [1.807, 2.05) is 6.92 Å². The molecule has 18 heavy (non-hydrogen) atoms. The van der Waals surface area contributed by atoms with Gasteiger partial charge in [-0.2, -0.15) is 0 Å². The van der Waals surface area contributed by atoms with Gasteiger partial charge in [-0.3, -0.25) is 4.79 Å². The maximum absolute atomic E-state index is 12.0. The van der Waals surface area contributed by atoms with Crippen LogP contribution in [0.2, 0.25) is 0 Å². The minimum atomic E-state index is -1.01. The predicted octanol–water partition coefficient (Wildman–Crippen LogP) is 1.06. The molecule has 0 aromatic heterocycles. The standard InChI is InChI=1S/C12H22N2O4/c1-3-12(5-4-6-12)13-11(17)14(7-8-18-2)9-10(15)16/h3-9H2,1-2H3,(H,13,17)(H,15,16). The van der Waals surface area contributed by atoms with Gasteiger partial charge in [0.25, 0.3) is 0 Å². The van der Waals surface area contributed by atoms with Crippen molar-refractivity contribution >= 4 is 12.0 Å². The van der Waals surface area contributed by atoms with Crippen molar-refractivity contribution in [3.63, 3.8) is 0 Å². The molecule has 0 aromatic carbocycles. The van der Waals surface area contributed by atoms with Crippen molar-refractivity contribution in [2.75, 3.05) is 26.8 Å². The van der Waals surface area contributed by atoms with Gasteiger partial charge in [0.05, 0.1) is 6.61 Å². The molecule has 104 valence electrons. The van der Waals surface area contributed by atoms with E-state index in [1.54, 1.807) is 0 Å². The lowest BCUT2D eigenvalue weighted by Gasteiger charge is -2.43. The first-order valence-electron chi connectivity index (χ1n) is 6.31. The minimum absolute atomic E-state index is 0.124. The van der Waals surface area contributed by atoms with Gasteiger partial charge >= 0.3 is 12.0 Å². The van der Waals surface area contributed by atoms with E-state index in [-0.39, 0.29) is 24.7 Å². The molecule has 0 atom stereocenters. The third-order valence-electron chi connectivity index (χ3n) is 3.54. The van der Waals surface area contributed by atoms with E-state index in [0.29, 0.717) is 6.61 Å². The van der Waals surface area contributed by atoms with Crippen molar-refractivity contribution in [3.8, 4) is 0 Å². The van der Waals surface area contributed by atoms with Crippen LogP contribution in [-0.2, 0) is 9.53 Å². The zero-order chi connectivity index (χ0) is 13.6. The molecule has 0 aliphatic heterocycles. The fraction of sp³-hybridized carbons (Fsp3) is 0.833. The Morgan fingerprint density at radius 2 is 2.11 bits per heavy atom. The first kappa shape index (κ1) is 14.8. The highest BCUT2D eigenvalue weighted by Crippen LogP contribution is 2.34. The Morgan fingerprint density at radius 1 is 1.44 bits per heavy atom. The van der Waals surface area contributed by atoms with E-state index in [2.05, 4.69) is 5.32 Å². The predicted molar refractivity (Wildman–Crippen MR) is 66.5 cm³/mol. The molecule has 0 bridgehead atoms. The average molecular weight is 258 g/mol. The highest BCUT2D eigenvalue weighted by atomic mass is 16.5. The number of nitrogens with one attached hydrogen (secondary N) is 1. The lowest BCUT2D eigenvalue weighted by Crippen LogP contribution is -2.57. The Kier molecular flexibility index (Phi) is 5.40. The van der Waals surface area contributed by atoms with Crippen LogP contribution in [0.25, 0.3) is 0 Å². The molecule has 6 nitrogen and oxygen atoms in total. The van der Waals surface area contributed by atoms with Crippen molar-refractivity contribution in [2.24, 2.45) is 0 Å². The van der Waals surface area contributed by atoms with E-state index in [4.69, 9.17) is 9.84 Å². The topological polar surface area (TPSA) is 78.9 Å². The van der Waals surface area contributed by atoms with E-state index < -0.39 is 5.97 Å². The number of carboxylic acids is 1. The van der Waals surface area contributed by atoms with Crippen LogP contribution >= 0.6 is 0 Å². The maximum atomic E-state index is 12.0. The Morgan fingerprint density at radius 3 is 2.50 bits per heavy atom. The third kappa shape index (κ3) is 3.87. The average Bonchev–Trinajstić information content (AvgIpc) is 2.28. The molecule has 0 saturated heterocycles. The SMILES string of the molecule is CCC1(NC(=O)N(CCOC)CC(=O)O)CCC1. The number of nitrogens with zero attached hydrogens (tertiary/aromatic N) is 1. The van der Waals surface area contributed by atoms with Crippen LogP contribution in [0.15, 0.2) is 0 Å². The maximum Gasteiger partial charge on any atom is 0.323 e. The zero-order valence-corrected chi connectivity index (χ0v) is 11.1. The molecular weight excluding hydrogens is 236 g/mol. The fourth-order valence-corrected chi connectivity index (χ4v) is 2.09. The van der Waals surface area contributed by atoms with Gasteiger partial charge in [0.2, 0.25) is 0 Å². The van der Waals surface area contributed by atoms with E-state index in [9.17, 15) is 9.59 Å². The Hall–Kier alpha value is -1.30. The second-order valence-electron chi connectivity index (χ2n) is 4.73. The number of amides is 2. The fourth-order valence-electron chi connectivity index (χ4n) is 2.09. The molecule has 0 unspecified atom stereocenters. The van der Waals surface area contributed by atoms with Gasteiger partial charge in [-0.15, -0.1) is 0 Å². The van der Waals surface area contributed by atoms with Gasteiger partial charge in [0.15, 0.2) is 0 Å². The van der Waals surface area contributed by atoms with Crippen LogP contribution in [0, 0.1) is 0 Å². The van der Waals surface area contributed by atoms with Crippen LogP contribution in [0.3, 0.4) is 0 Å². The van der Waals surface area contributed by atoms with Gasteiger partial charge in [-0.25, -0.2) is 4.79 Å². The van der Waals surface area contributed by atoms with Crippen LogP contribution in [0.1, 0.15) is 32.6 Å². The smallest absolute Gasteiger partial charge is 0.323 e. The quantitative estimate of drug-likeness (QED) is 0.715. The summed E-state index contributed by atoms with van der Waals surface area (Å²) in [6.07, 6.45) is 3.94. The molecule has 0 heterocycles. The Balaban J connectivity index is 2.54. The van der Waals surface area contributed by atoms with E-state index in [1.165, 1.54) is 12.0 Å². The molecule has 6 heteroatoms. The summed E-state index contributed by atoms with van der Waals surface area (Å²) in [6.45, 7) is 2.36. The van der Waals surface area contributed by atoms with Gasteiger partial charge < -0.3 is 20.1 Å². The van der Waals surface area contributed by atoms with E-state index >= 15 is 0 Å². The summed E-state index contributed by atoms with van der Waals surface area (Å²) >= 11 is 0. The molecule has 0 spiro atoms. The number of carboxylic acid groups (broad SMARTS) is 1. The van der Waals surface area contributed by atoms with Gasteiger partial charge in [0, 0.05) is 19.2 Å².